The maximum Gasteiger partial charge on any atom is 0.233 e. The number of carbonyl (C=O) groups excluding carboxylic acids is 1. The fourth-order valence-electron chi connectivity index (χ4n) is 1.47. The van der Waals surface area contributed by atoms with E-state index in [0.717, 1.165) is 5.56 Å². The zero-order valence-electron chi connectivity index (χ0n) is 10.6. The van der Waals surface area contributed by atoms with E-state index < -0.39 is 5.54 Å². The van der Waals surface area contributed by atoms with Crippen molar-refractivity contribution in [2.24, 2.45) is 0 Å². The molecule has 1 N–H and O–H groups in total. The normalized spacial score (nSPS) is 13.2. The lowest BCUT2D eigenvalue weighted by molar-refractivity contribution is -0.122. The number of carbonyl (C=O) groups is 1. The quantitative estimate of drug-likeness (QED) is 0.896. The highest BCUT2D eigenvalue weighted by molar-refractivity contribution is 7.99. The maximum absolute atomic E-state index is 13.1. The summed E-state index contributed by atoms with van der Waals surface area (Å²) in [5.74, 6) is -0.325. The Morgan fingerprint density at radius 3 is 2.65 bits per heavy atom. The lowest BCUT2D eigenvalue weighted by Gasteiger charge is -2.28. The van der Waals surface area contributed by atoms with Crippen LogP contribution >= 0.6 is 11.8 Å². The lowest BCUT2D eigenvalue weighted by Crippen LogP contribution is -2.44. The van der Waals surface area contributed by atoms with Crippen molar-refractivity contribution in [2.75, 3.05) is 6.26 Å². The van der Waals surface area contributed by atoms with Gasteiger partial charge in [-0.25, -0.2) is 4.39 Å². The lowest BCUT2D eigenvalue weighted by atomic mass is 9.94. The number of nitrogens with one attached hydrogen (secondary N) is 1. The Labute approximate surface area is 106 Å². The Balaban J connectivity index is 2.85. The number of rotatable bonds is 4. The van der Waals surface area contributed by atoms with Gasteiger partial charge in [-0.2, -0.15) is 11.8 Å². The highest BCUT2D eigenvalue weighted by Crippen LogP contribution is 2.21. The zero-order valence-corrected chi connectivity index (χ0v) is 11.4. The number of hydrogen-bond donors (Lipinski definition) is 1. The third-order valence-corrected chi connectivity index (χ3v) is 3.63. The van der Waals surface area contributed by atoms with Crippen LogP contribution in [0.1, 0.15) is 26.3 Å². The molecule has 1 unspecified atom stereocenters. The average molecular weight is 255 g/mol. The van der Waals surface area contributed by atoms with E-state index in [1.807, 2.05) is 33.1 Å². The standard InChI is InChI=1S/C13H18FNOS/c1-9(17-4)12(16)15-13(2,3)10-6-5-7-11(14)8-10/h5-9H,1-4H3,(H,15,16). The zero-order chi connectivity index (χ0) is 13.1. The first kappa shape index (κ1) is 14.0. The number of halogens is 1. The summed E-state index contributed by atoms with van der Waals surface area (Å²) in [6, 6.07) is 6.31. The van der Waals surface area contributed by atoms with Gasteiger partial charge in [-0.15, -0.1) is 0 Å². The Morgan fingerprint density at radius 1 is 1.47 bits per heavy atom. The van der Waals surface area contributed by atoms with Gasteiger partial charge in [0.15, 0.2) is 0 Å². The molecule has 17 heavy (non-hydrogen) atoms. The van der Waals surface area contributed by atoms with Crippen LogP contribution in [0.3, 0.4) is 0 Å². The minimum absolute atomic E-state index is 0.0354. The molecule has 4 heteroatoms. The second kappa shape index (κ2) is 5.54. The second-order valence-corrected chi connectivity index (χ2v) is 5.68. The topological polar surface area (TPSA) is 29.1 Å². The molecule has 0 radical (unpaired) electrons. The molecule has 0 aliphatic carbocycles. The molecule has 0 fully saturated rings. The van der Waals surface area contributed by atoms with Gasteiger partial charge in [0.25, 0.3) is 0 Å². The van der Waals surface area contributed by atoms with Gasteiger partial charge < -0.3 is 5.32 Å². The number of amides is 1. The molecule has 1 rings (SSSR count). The first-order valence-electron chi connectivity index (χ1n) is 5.47. The molecule has 0 aliphatic rings. The summed E-state index contributed by atoms with van der Waals surface area (Å²) in [4.78, 5) is 11.8. The van der Waals surface area contributed by atoms with E-state index in [9.17, 15) is 9.18 Å². The Morgan fingerprint density at radius 2 is 2.12 bits per heavy atom. The fourth-order valence-corrected chi connectivity index (χ4v) is 1.74. The van der Waals surface area contributed by atoms with E-state index >= 15 is 0 Å². The summed E-state index contributed by atoms with van der Waals surface area (Å²) < 4.78 is 13.1. The molecule has 2 nitrogen and oxygen atoms in total. The van der Waals surface area contributed by atoms with Crippen molar-refractivity contribution < 1.29 is 9.18 Å². The molecule has 94 valence electrons. The van der Waals surface area contributed by atoms with Crippen molar-refractivity contribution in [3.05, 3.63) is 35.6 Å². The third-order valence-electron chi connectivity index (χ3n) is 2.70. The van der Waals surface area contributed by atoms with E-state index in [1.165, 1.54) is 23.9 Å². The van der Waals surface area contributed by atoms with E-state index in [4.69, 9.17) is 0 Å². The molecule has 1 aromatic rings. The van der Waals surface area contributed by atoms with Crippen LogP contribution in [0.15, 0.2) is 24.3 Å². The van der Waals surface area contributed by atoms with Gasteiger partial charge in [0.2, 0.25) is 5.91 Å². The van der Waals surface area contributed by atoms with Crippen LogP contribution in [-0.2, 0) is 10.3 Å². The summed E-state index contributed by atoms with van der Waals surface area (Å²) in [7, 11) is 0. The highest BCUT2D eigenvalue weighted by atomic mass is 32.2. The molecule has 0 spiro atoms. The molecule has 0 saturated carbocycles. The summed E-state index contributed by atoms with van der Waals surface area (Å²) in [5, 5.41) is 2.82. The summed E-state index contributed by atoms with van der Waals surface area (Å²) in [6.45, 7) is 5.58. The highest BCUT2D eigenvalue weighted by Gasteiger charge is 2.25. The van der Waals surface area contributed by atoms with Crippen molar-refractivity contribution in [3.8, 4) is 0 Å². The molecular formula is C13H18FNOS. The molecule has 0 saturated heterocycles. The largest absolute Gasteiger partial charge is 0.346 e. The van der Waals surface area contributed by atoms with E-state index in [0.29, 0.717) is 0 Å². The molecule has 0 aromatic heterocycles. The summed E-state index contributed by atoms with van der Waals surface area (Å²) >= 11 is 1.49. The molecule has 0 bridgehead atoms. The fraction of sp³-hybridized carbons (Fsp3) is 0.462. The molecule has 0 aliphatic heterocycles. The van der Waals surface area contributed by atoms with Crippen molar-refractivity contribution in [1.29, 1.82) is 0 Å². The van der Waals surface area contributed by atoms with Gasteiger partial charge in [0.05, 0.1) is 10.8 Å². The van der Waals surface area contributed by atoms with Gasteiger partial charge in [0, 0.05) is 0 Å². The third kappa shape index (κ3) is 3.73. The van der Waals surface area contributed by atoms with Crippen molar-refractivity contribution in [2.45, 2.75) is 31.6 Å². The average Bonchev–Trinajstić information content (AvgIpc) is 2.27. The molecular weight excluding hydrogens is 237 g/mol. The monoisotopic (exact) mass is 255 g/mol. The molecule has 1 atom stereocenters. The predicted molar refractivity (Wildman–Crippen MR) is 70.5 cm³/mol. The van der Waals surface area contributed by atoms with E-state index in [2.05, 4.69) is 5.32 Å². The van der Waals surface area contributed by atoms with Crippen LogP contribution in [-0.4, -0.2) is 17.4 Å². The van der Waals surface area contributed by atoms with Crippen LogP contribution in [0.2, 0.25) is 0 Å². The van der Waals surface area contributed by atoms with Gasteiger partial charge in [0.1, 0.15) is 5.82 Å². The van der Waals surface area contributed by atoms with E-state index in [1.54, 1.807) is 6.07 Å². The minimum atomic E-state index is -0.566. The second-order valence-electron chi connectivity index (χ2n) is 4.50. The molecule has 1 aromatic carbocycles. The number of thioether (sulfide) groups is 1. The van der Waals surface area contributed by atoms with Crippen LogP contribution in [0.4, 0.5) is 4.39 Å². The van der Waals surface area contributed by atoms with E-state index in [-0.39, 0.29) is 17.0 Å². The van der Waals surface area contributed by atoms with Crippen molar-refractivity contribution in [1.82, 2.24) is 5.32 Å². The summed E-state index contributed by atoms with van der Waals surface area (Å²) in [6.07, 6.45) is 1.89. The smallest absolute Gasteiger partial charge is 0.233 e. The minimum Gasteiger partial charge on any atom is -0.346 e. The Hall–Kier alpha value is -1.03. The summed E-state index contributed by atoms with van der Waals surface area (Å²) in [5.41, 5.74) is 0.197. The number of benzene rings is 1. The Kier molecular flexibility index (Phi) is 4.57. The van der Waals surface area contributed by atoms with Gasteiger partial charge in [-0.1, -0.05) is 12.1 Å². The maximum atomic E-state index is 13.1. The van der Waals surface area contributed by atoms with Crippen molar-refractivity contribution in [3.63, 3.8) is 0 Å². The van der Waals surface area contributed by atoms with Gasteiger partial charge in [-0.05, 0) is 44.7 Å². The molecule has 1 amide bonds. The SMILES string of the molecule is CSC(C)C(=O)NC(C)(C)c1cccc(F)c1. The van der Waals surface area contributed by atoms with Crippen LogP contribution in [0.5, 0.6) is 0 Å². The predicted octanol–water partition coefficient (Wildman–Crippen LogP) is 2.93. The first-order valence-corrected chi connectivity index (χ1v) is 6.76. The van der Waals surface area contributed by atoms with Gasteiger partial charge >= 0.3 is 0 Å². The Bertz CT molecular complexity index is 406. The van der Waals surface area contributed by atoms with Crippen molar-refractivity contribution >= 4 is 17.7 Å². The van der Waals surface area contributed by atoms with Crippen LogP contribution in [0.25, 0.3) is 0 Å². The van der Waals surface area contributed by atoms with Crippen LogP contribution in [0, 0.1) is 5.82 Å². The molecule has 0 heterocycles. The van der Waals surface area contributed by atoms with Gasteiger partial charge in [-0.3, -0.25) is 4.79 Å². The first-order chi connectivity index (χ1) is 7.86. The van der Waals surface area contributed by atoms with Crippen LogP contribution < -0.4 is 5.32 Å². The number of hydrogen-bond acceptors (Lipinski definition) is 2.